The number of rotatable bonds is 4. The molecule has 0 unspecified atom stereocenters. The van der Waals surface area contributed by atoms with E-state index in [0.29, 0.717) is 12.1 Å². The standard InChI is InChI=1S/C14H20N4S/c1-9(11-7-15-18(3)8-11)16-10(2)14-17-12-5-4-6-13(12)19-14/h7-10,16H,4-6H2,1-3H3/t9-,10+/m0/s1. The highest BCUT2D eigenvalue weighted by Crippen LogP contribution is 2.31. The fourth-order valence-electron chi connectivity index (χ4n) is 2.60. The molecule has 2 heterocycles. The Labute approximate surface area is 117 Å². The van der Waals surface area contributed by atoms with Crippen molar-refractivity contribution in [2.24, 2.45) is 7.05 Å². The average molecular weight is 276 g/mol. The topological polar surface area (TPSA) is 42.7 Å². The van der Waals surface area contributed by atoms with Crippen LogP contribution in [0.5, 0.6) is 0 Å². The van der Waals surface area contributed by atoms with E-state index in [-0.39, 0.29) is 0 Å². The van der Waals surface area contributed by atoms with Crippen molar-refractivity contribution in [3.8, 4) is 0 Å². The molecule has 2 aromatic heterocycles. The van der Waals surface area contributed by atoms with Crippen LogP contribution >= 0.6 is 11.3 Å². The summed E-state index contributed by atoms with van der Waals surface area (Å²) in [5, 5.41) is 9.05. The number of nitrogens with zero attached hydrogens (tertiary/aromatic N) is 3. The highest BCUT2D eigenvalue weighted by atomic mass is 32.1. The molecule has 0 aromatic carbocycles. The number of nitrogens with one attached hydrogen (secondary N) is 1. The van der Waals surface area contributed by atoms with Crippen molar-refractivity contribution in [1.82, 2.24) is 20.1 Å². The molecule has 0 saturated heterocycles. The Morgan fingerprint density at radius 3 is 2.84 bits per heavy atom. The maximum absolute atomic E-state index is 4.78. The molecule has 5 heteroatoms. The van der Waals surface area contributed by atoms with Crippen LogP contribution in [0.15, 0.2) is 12.4 Å². The third-order valence-electron chi connectivity index (χ3n) is 3.71. The molecule has 0 aliphatic heterocycles. The first-order valence-electron chi connectivity index (χ1n) is 6.86. The molecule has 102 valence electrons. The van der Waals surface area contributed by atoms with Gasteiger partial charge in [-0.05, 0) is 33.1 Å². The molecule has 0 amide bonds. The van der Waals surface area contributed by atoms with Crippen molar-refractivity contribution in [2.75, 3.05) is 0 Å². The lowest BCUT2D eigenvalue weighted by Gasteiger charge is -2.17. The second-order valence-electron chi connectivity index (χ2n) is 5.33. The lowest BCUT2D eigenvalue weighted by atomic mass is 10.1. The largest absolute Gasteiger partial charge is 0.301 e. The third kappa shape index (κ3) is 2.58. The van der Waals surface area contributed by atoms with Gasteiger partial charge in [-0.25, -0.2) is 4.98 Å². The van der Waals surface area contributed by atoms with Crippen molar-refractivity contribution < 1.29 is 0 Å². The van der Waals surface area contributed by atoms with Crippen LogP contribution in [0, 0.1) is 0 Å². The highest BCUT2D eigenvalue weighted by molar-refractivity contribution is 7.11. The maximum atomic E-state index is 4.78. The quantitative estimate of drug-likeness (QED) is 0.933. The summed E-state index contributed by atoms with van der Waals surface area (Å²) in [5.41, 5.74) is 2.56. The fraction of sp³-hybridized carbons (Fsp3) is 0.571. The Bertz CT molecular complexity index is 550. The summed E-state index contributed by atoms with van der Waals surface area (Å²) in [7, 11) is 1.95. The zero-order valence-corrected chi connectivity index (χ0v) is 12.5. The van der Waals surface area contributed by atoms with E-state index in [0.717, 1.165) is 6.42 Å². The Morgan fingerprint density at radius 2 is 2.16 bits per heavy atom. The van der Waals surface area contributed by atoms with E-state index in [1.807, 2.05) is 29.3 Å². The van der Waals surface area contributed by atoms with Gasteiger partial charge in [0, 0.05) is 29.7 Å². The van der Waals surface area contributed by atoms with Crippen molar-refractivity contribution in [3.63, 3.8) is 0 Å². The molecule has 1 aliphatic carbocycles. The average Bonchev–Trinajstić information content (AvgIpc) is 3.02. The van der Waals surface area contributed by atoms with Crippen LogP contribution in [-0.2, 0) is 19.9 Å². The van der Waals surface area contributed by atoms with Crippen molar-refractivity contribution in [3.05, 3.63) is 33.5 Å². The van der Waals surface area contributed by atoms with Gasteiger partial charge in [0.1, 0.15) is 5.01 Å². The van der Waals surface area contributed by atoms with Crippen molar-refractivity contribution in [2.45, 2.75) is 45.2 Å². The van der Waals surface area contributed by atoms with E-state index in [9.17, 15) is 0 Å². The van der Waals surface area contributed by atoms with Crippen LogP contribution in [0.1, 0.15) is 53.5 Å². The molecule has 0 saturated carbocycles. The molecule has 1 N–H and O–H groups in total. The summed E-state index contributed by atoms with van der Waals surface area (Å²) in [5.74, 6) is 0. The molecular formula is C14H20N4S. The van der Waals surface area contributed by atoms with Gasteiger partial charge in [-0.2, -0.15) is 5.10 Å². The van der Waals surface area contributed by atoms with Gasteiger partial charge in [-0.1, -0.05) is 0 Å². The monoisotopic (exact) mass is 276 g/mol. The molecule has 0 spiro atoms. The first kappa shape index (κ1) is 12.8. The van der Waals surface area contributed by atoms with Gasteiger partial charge in [-0.3, -0.25) is 4.68 Å². The molecule has 0 bridgehead atoms. The minimum Gasteiger partial charge on any atom is -0.301 e. The SMILES string of the molecule is C[C@H](N[C@H](C)c1nc2c(s1)CCC2)c1cnn(C)c1. The van der Waals surface area contributed by atoms with Crippen LogP contribution in [0.4, 0.5) is 0 Å². The molecule has 3 rings (SSSR count). The van der Waals surface area contributed by atoms with E-state index < -0.39 is 0 Å². The van der Waals surface area contributed by atoms with Crippen LogP contribution in [0.25, 0.3) is 0 Å². The smallest absolute Gasteiger partial charge is 0.110 e. The van der Waals surface area contributed by atoms with Crippen molar-refractivity contribution in [1.29, 1.82) is 0 Å². The summed E-state index contributed by atoms with van der Waals surface area (Å²) in [6.45, 7) is 4.37. The predicted molar refractivity (Wildman–Crippen MR) is 77.3 cm³/mol. The van der Waals surface area contributed by atoms with Gasteiger partial charge in [0.05, 0.1) is 17.9 Å². The lowest BCUT2D eigenvalue weighted by molar-refractivity contribution is 0.492. The summed E-state index contributed by atoms with van der Waals surface area (Å²) in [4.78, 5) is 6.28. The Kier molecular flexibility index (Phi) is 3.41. The molecule has 2 aromatic rings. The van der Waals surface area contributed by atoms with Gasteiger partial charge < -0.3 is 5.32 Å². The van der Waals surface area contributed by atoms with Crippen LogP contribution < -0.4 is 5.32 Å². The number of thiazole rings is 1. The van der Waals surface area contributed by atoms with Crippen LogP contribution in [-0.4, -0.2) is 14.8 Å². The van der Waals surface area contributed by atoms with Gasteiger partial charge in [0.2, 0.25) is 0 Å². The molecular weight excluding hydrogens is 256 g/mol. The minimum atomic E-state index is 0.294. The Morgan fingerprint density at radius 1 is 1.32 bits per heavy atom. The van der Waals surface area contributed by atoms with E-state index in [2.05, 4.69) is 30.5 Å². The van der Waals surface area contributed by atoms with Crippen LogP contribution in [0.2, 0.25) is 0 Å². The minimum absolute atomic E-state index is 0.294. The second-order valence-corrected chi connectivity index (χ2v) is 6.45. The van der Waals surface area contributed by atoms with E-state index >= 15 is 0 Å². The molecule has 1 aliphatic rings. The summed E-state index contributed by atoms with van der Waals surface area (Å²) in [6.07, 6.45) is 7.65. The lowest BCUT2D eigenvalue weighted by Crippen LogP contribution is -2.22. The number of hydrogen-bond donors (Lipinski definition) is 1. The fourth-order valence-corrected chi connectivity index (χ4v) is 3.77. The van der Waals surface area contributed by atoms with E-state index in [4.69, 9.17) is 4.98 Å². The Hall–Kier alpha value is -1.20. The zero-order chi connectivity index (χ0) is 13.4. The predicted octanol–water partition coefficient (Wildman–Crippen LogP) is 2.78. The Balaban J connectivity index is 1.68. The normalized spacial score (nSPS) is 17.4. The molecule has 0 radical (unpaired) electrons. The molecule has 4 nitrogen and oxygen atoms in total. The van der Waals surface area contributed by atoms with Gasteiger partial charge >= 0.3 is 0 Å². The van der Waals surface area contributed by atoms with Gasteiger partial charge in [0.25, 0.3) is 0 Å². The molecule has 19 heavy (non-hydrogen) atoms. The molecule has 2 atom stereocenters. The van der Waals surface area contributed by atoms with E-state index in [1.54, 1.807) is 0 Å². The first-order chi connectivity index (χ1) is 9.13. The first-order valence-corrected chi connectivity index (χ1v) is 7.68. The maximum Gasteiger partial charge on any atom is 0.110 e. The third-order valence-corrected chi connectivity index (χ3v) is 5.05. The van der Waals surface area contributed by atoms with E-state index in [1.165, 1.54) is 34.0 Å². The van der Waals surface area contributed by atoms with Gasteiger partial charge in [0.15, 0.2) is 0 Å². The van der Waals surface area contributed by atoms with Gasteiger partial charge in [-0.15, -0.1) is 11.3 Å². The van der Waals surface area contributed by atoms with Crippen LogP contribution in [0.3, 0.4) is 0 Å². The molecule has 0 fully saturated rings. The number of aryl methyl sites for hydroxylation is 3. The number of aromatic nitrogens is 3. The number of fused-ring (bicyclic) bond motifs is 1. The second kappa shape index (κ2) is 5.06. The zero-order valence-electron chi connectivity index (χ0n) is 11.7. The summed E-state index contributed by atoms with van der Waals surface area (Å²) >= 11 is 1.88. The van der Waals surface area contributed by atoms with Crippen molar-refractivity contribution >= 4 is 11.3 Å². The summed E-state index contributed by atoms with van der Waals surface area (Å²) in [6, 6.07) is 0.591. The number of hydrogen-bond acceptors (Lipinski definition) is 4. The highest BCUT2D eigenvalue weighted by Gasteiger charge is 2.21. The summed E-state index contributed by atoms with van der Waals surface area (Å²) < 4.78 is 1.84.